The molecule has 8 heteroatoms. The normalized spacial score (nSPS) is 12.3. The summed E-state index contributed by atoms with van der Waals surface area (Å²) in [5.74, 6) is 1.57. The number of hydrogen-bond donors (Lipinski definition) is 0. The second-order valence-electron chi connectivity index (χ2n) is 8.10. The summed E-state index contributed by atoms with van der Waals surface area (Å²) in [7, 11) is 1.55. The predicted octanol–water partition coefficient (Wildman–Crippen LogP) is 6.80. The van der Waals surface area contributed by atoms with Crippen molar-refractivity contribution in [3.63, 3.8) is 0 Å². The fraction of sp³-hybridized carbons (Fsp3) is 0.222. The summed E-state index contributed by atoms with van der Waals surface area (Å²) in [6.45, 7) is 4.41. The molecule has 0 aliphatic heterocycles. The maximum atomic E-state index is 13.4. The highest BCUT2D eigenvalue weighted by atomic mass is 79.9. The van der Waals surface area contributed by atoms with Crippen molar-refractivity contribution >= 4 is 44.6 Å². The van der Waals surface area contributed by atoms with Crippen molar-refractivity contribution in [3.8, 4) is 11.5 Å². The van der Waals surface area contributed by atoms with E-state index in [1.54, 1.807) is 31.5 Å². The number of benzene rings is 3. The average molecular weight is 555 g/mol. The summed E-state index contributed by atoms with van der Waals surface area (Å²) in [6, 6.07) is 18.7. The van der Waals surface area contributed by atoms with E-state index in [2.05, 4.69) is 21.0 Å². The molecule has 0 bridgehead atoms. The topological polar surface area (TPSA) is 65.7 Å². The van der Waals surface area contributed by atoms with Crippen LogP contribution in [0.25, 0.3) is 10.9 Å². The Balaban J connectivity index is 1.81. The molecule has 0 aliphatic rings. The van der Waals surface area contributed by atoms with Gasteiger partial charge in [-0.25, -0.2) is 4.98 Å². The van der Waals surface area contributed by atoms with Gasteiger partial charge >= 0.3 is 0 Å². The van der Waals surface area contributed by atoms with Gasteiger partial charge in [0.25, 0.3) is 5.56 Å². The first kappa shape index (κ1) is 24.9. The highest BCUT2D eigenvalue weighted by Crippen LogP contribution is 2.34. The molecule has 0 N–H and O–H groups in total. The molecule has 35 heavy (non-hydrogen) atoms. The number of nitrogens with zero attached hydrogens (tertiary/aromatic N) is 3. The van der Waals surface area contributed by atoms with Crippen LogP contribution in [0.5, 0.6) is 11.5 Å². The Hall–Kier alpha value is -3.16. The van der Waals surface area contributed by atoms with Crippen molar-refractivity contribution in [2.24, 2.45) is 5.10 Å². The molecule has 6 nitrogen and oxygen atoms in total. The Kier molecular flexibility index (Phi) is 7.88. The van der Waals surface area contributed by atoms with Crippen molar-refractivity contribution in [3.05, 3.63) is 97.5 Å². The Labute approximate surface area is 217 Å². The van der Waals surface area contributed by atoms with Crippen LogP contribution < -0.4 is 15.0 Å². The van der Waals surface area contributed by atoms with Crippen molar-refractivity contribution < 1.29 is 9.47 Å². The highest BCUT2D eigenvalue weighted by Gasteiger charge is 2.17. The zero-order valence-electron chi connectivity index (χ0n) is 19.7. The lowest BCUT2D eigenvalue weighted by molar-refractivity contribution is 0.284. The Morgan fingerprint density at radius 2 is 1.94 bits per heavy atom. The molecular weight excluding hydrogens is 530 g/mol. The minimum Gasteiger partial charge on any atom is -0.493 e. The molecule has 0 radical (unpaired) electrons. The van der Waals surface area contributed by atoms with Crippen molar-refractivity contribution in [1.29, 1.82) is 0 Å². The van der Waals surface area contributed by atoms with E-state index in [1.807, 2.05) is 56.3 Å². The summed E-state index contributed by atoms with van der Waals surface area (Å²) < 4.78 is 13.8. The van der Waals surface area contributed by atoms with Crippen LogP contribution in [-0.4, -0.2) is 23.0 Å². The molecule has 0 saturated carbocycles. The molecule has 180 valence electrons. The van der Waals surface area contributed by atoms with Crippen molar-refractivity contribution in [2.45, 2.75) is 32.8 Å². The highest BCUT2D eigenvalue weighted by molar-refractivity contribution is 9.10. The predicted molar refractivity (Wildman–Crippen MR) is 144 cm³/mol. The quantitative estimate of drug-likeness (QED) is 0.225. The number of hydrogen-bond acceptors (Lipinski definition) is 5. The van der Waals surface area contributed by atoms with Gasteiger partial charge in [0.1, 0.15) is 12.4 Å². The lowest BCUT2D eigenvalue weighted by Gasteiger charge is -2.15. The van der Waals surface area contributed by atoms with Gasteiger partial charge in [-0.15, -0.1) is 0 Å². The zero-order chi connectivity index (χ0) is 24.9. The third kappa shape index (κ3) is 5.57. The van der Waals surface area contributed by atoms with E-state index in [1.165, 1.54) is 4.68 Å². The van der Waals surface area contributed by atoms with Crippen molar-refractivity contribution in [2.75, 3.05) is 7.11 Å². The summed E-state index contributed by atoms with van der Waals surface area (Å²) >= 11 is 9.79. The summed E-state index contributed by atoms with van der Waals surface area (Å²) in [6.07, 6.45) is 2.37. The Morgan fingerprint density at radius 3 is 2.66 bits per heavy atom. The summed E-state index contributed by atoms with van der Waals surface area (Å²) in [4.78, 5) is 18.2. The van der Waals surface area contributed by atoms with Gasteiger partial charge in [-0.2, -0.15) is 9.78 Å². The molecule has 1 heterocycles. The first-order chi connectivity index (χ1) is 16.9. The molecule has 0 saturated heterocycles. The number of rotatable bonds is 8. The largest absolute Gasteiger partial charge is 0.493 e. The fourth-order valence-corrected chi connectivity index (χ4v) is 4.20. The smallest absolute Gasteiger partial charge is 0.282 e. The van der Waals surface area contributed by atoms with E-state index in [-0.39, 0.29) is 11.5 Å². The number of aromatic nitrogens is 2. The molecule has 1 atom stereocenters. The number of fused-ring (bicyclic) bond motifs is 1. The van der Waals surface area contributed by atoms with Gasteiger partial charge in [0.05, 0.1) is 24.2 Å². The van der Waals surface area contributed by atoms with Crippen LogP contribution in [0.4, 0.5) is 0 Å². The van der Waals surface area contributed by atoms with Gasteiger partial charge < -0.3 is 9.47 Å². The van der Waals surface area contributed by atoms with E-state index < -0.39 is 0 Å². The fourth-order valence-electron chi connectivity index (χ4n) is 3.62. The minimum atomic E-state index is -0.247. The number of ether oxygens (including phenoxy) is 2. The SMILES string of the molecule is CC[C@H](C)c1nc2ccc(Br)cc2c(=O)n1N=Cc1cc(Cl)cc(OC)c1OCc1ccccc1. The average Bonchev–Trinajstić information content (AvgIpc) is 2.87. The molecule has 1 aromatic heterocycles. The van der Waals surface area contributed by atoms with Crippen molar-refractivity contribution in [1.82, 2.24) is 9.66 Å². The van der Waals surface area contributed by atoms with E-state index in [4.69, 9.17) is 26.1 Å². The summed E-state index contributed by atoms with van der Waals surface area (Å²) in [5.41, 5.74) is 1.98. The maximum Gasteiger partial charge on any atom is 0.282 e. The molecule has 3 aromatic carbocycles. The van der Waals surface area contributed by atoms with E-state index in [0.29, 0.717) is 45.4 Å². The molecule has 0 amide bonds. The molecule has 0 unspecified atom stereocenters. The van der Waals surface area contributed by atoms with Gasteiger partial charge in [-0.3, -0.25) is 4.79 Å². The van der Waals surface area contributed by atoms with Crippen LogP contribution in [0.2, 0.25) is 5.02 Å². The van der Waals surface area contributed by atoms with Crippen LogP contribution >= 0.6 is 27.5 Å². The minimum absolute atomic E-state index is 0.0237. The second-order valence-corrected chi connectivity index (χ2v) is 9.46. The van der Waals surface area contributed by atoms with E-state index in [0.717, 1.165) is 16.5 Å². The standard InChI is InChI=1S/C27H25BrClN3O3/c1-4-17(2)26-31-23-11-10-20(28)13-22(23)27(33)32(26)30-15-19-12-21(29)14-24(34-3)25(19)35-16-18-8-6-5-7-9-18/h5-15,17H,4,16H2,1-3H3/t17-/m0/s1. The second kappa shape index (κ2) is 11.1. The number of methoxy groups -OCH3 is 1. The van der Waals surface area contributed by atoms with Gasteiger partial charge in [0.2, 0.25) is 0 Å². The van der Waals surface area contributed by atoms with Gasteiger partial charge in [0, 0.05) is 27.0 Å². The summed E-state index contributed by atoms with van der Waals surface area (Å²) in [5, 5.41) is 5.51. The Bertz CT molecular complexity index is 1440. The van der Waals surface area contributed by atoms with Gasteiger partial charge in [-0.05, 0) is 36.2 Å². The van der Waals surface area contributed by atoms with Crippen LogP contribution in [0.15, 0.2) is 75.0 Å². The lowest BCUT2D eigenvalue weighted by atomic mass is 10.1. The van der Waals surface area contributed by atoms with Crippen LogP contribution in [0.3, 0.4) is 0 Å². The van der Waals surface area contributed by atoms with E-state index in [9.17, 15) is 4.79 Å². The first-order valence-electron chi connectivity index (χ1n) is 11.2. The maximum absolute atomic E-state index is 13.4. The molecule has 0 spiro atoms. The molecular formula is C27H25BrClN3O3. The van der Waals surface area contributed by atoms with Crippen LogP contribution in [-0.2, 0) is 6.61 Å². The monoisotopic (exact) mass is 553 g/mol. The molecule has 0 fully saturated rings. The molecule has 4 aromatic rings. The Morgan fingerprint density at radius 1 is 1.17 bits per heavy atom. The number of halogens is 2. The van der Waals surface area contributed by atoms with Crippen LogP contribution in [0.1, 0.15) is 43.1 Å². The van der Waals surface area contributed by atoms with Gasteiger partial charge in [0.15, 0.2) is 11.5 Å². The zero-order valence-corrected chi connectivity index (χ0v) is 22.0. The third-order valence-corrected chi connectivity index (χ3v) is 6.40. The van der Waals surface area contributed by atoms with Crippen LogP contribution in [0, 0.1) is 0 Å². The lowest BCUT2D eigenvalue weighted by Crippen LogP contribution is -2.23. The molecule has 4 rings (SSSR count). The van der Waals surface area contributed by atoms with E-state index >= 15 is 0 Å². The first-order valence-corrected chi connectivity index (χ1v) is 12.4. The third-order valence-electron chi connectivity index (χ3n) is 5.69. The molecule has 0 aliphatic carbocycles. The van der Waals surface area contributed by atoms with Gasteiger partial charge in [-0.1, -0.05) is 71.7 Å².